The van der Waals surface area contributed by atoms with E-state index in [1.54, 1.807) is 29.8 Å². The van der Waals surface area contributed by atoms with E-state index in [1.807, 2.05) is 12.1 Å². The highest BCUT2D eigenvalue weighted by Crippen LogP contribution is 2.40. The fourth-order valence-corrected chi connectivity index (χ4v) is 4.73. The monoisotopic (exact) mass is 439 g/mol. The summed E-state index contributed by atoms with van der Waals surface area (Å²) in [6, 6.07) is 11.6. The zero-order chi connectivity index (χ0) is 21.5. The van der Waals surface area contributed by atoms with Crippen molar-refractivity contribution < 1.29 is 18.7 Å². The first-order chi connectivity index (χ1) is 15.0. The van der Waals surface area contributed by atoms with Gasteiger partial charge in [-0.05, 0) is 35.4 Å². The van der Waals surface area contributed by atoms with Gasteiger partial charge in [-0.3, -0.25) is 9.59 Å². The minimum absolute atomic E-state index is 0.144. The van der Waals surface area contributed by atoms with Gasteiger partial charge in [0.25, 0.3) is 5.56 Å². The molecule has 0 saturated carbocycles. The van der Waals surface area contributed by atoms with Crippen LogP contribution < -0.4 is 20.3 Å². The van der Waals surface area contributed by atoms with Gasteiger partial charge in [-0.2, -0.15) is 4.98 Å². The van der Waals surface area contributed by atoms with E-state index in [4.69, 9.17) is 9.47 Å². The van der Waals surface area contributed by atoms with E-state index in [9.17, 15) is 14.0 Å². The van der Waals surface area contributed by atoms with Crippen molar-refractivity contribution in [2.24, 2.45) is 7.05 Å². The van der Waals surface area contributed by atoms with Gasteiger partial charge in [-0.25, -0.2) is 4.39 Å². The fraction of sp³-hybridized carbons (Fsp3) is 0.227. The first-order valence-electron chi connectivity index (χ1n) is 9.67. The van der Waals surface area contributed by atoms with Crippen LogP contribution in [0.2, 0.25) is 0 Å². The number of aromatic nitrogens is 2. The summed E-state index contributed by atoms with van der Waals surface area (Å²) in [5.74, 6) is 1.29. The Labute approximate surface area is 181 Å². The highest BCUT2D eigenvalue weighted by molar-refractivity contribution is 7.98. The molecule has 2 aliphatic rings. The molecule has 158 valence electrons. The van der Waals surface area contributed by atoms with Gasteiger partial charge in [0, 0.05) is 25.1 Å². The van der Waals surface area contributed by atoms with Crippen molar-refractivity contribution in [2.45, 2.75) is 23.2 Å². The molecule has 2 aromatic carbocycles. The molecule has 1 aromatic heterocycles. The van der Waals surface area contributed by atoms with Gasteiger partial charge < -0.3 is 19.4 Å². The maximum absolute atomic E-state index is 13.1. The zero-order valence-electron chi connectivity index (χ0n) is 16.6. The Bertz CT molecular complexity index is 1240. The van der Waals surface area contributed by atoms with Crippen LogP contribution in [0.25, 0.3) is 0 Å². The summed E-state index contributed by atoms with van der Waals surface area (Å²) in [7, 11) is 1.76. The maximum atomic E-state index is 13.1. The second-order valence-electron chi connectivity index (χ2n) is 7.35. The van der Waals surface area contributed by atoms with Crippen molar-refractivity contribution >= 4 is 23.5 Å². The Balaban J connectivity index is 1.50. The van der Waals surface area contributed by atoms with Crippen molar-refractivity contribution in [3.8, 4) is 11.5 Å². The zero-order valence-corrected chi connectivity index (χ0v) is 17.4. The number of carbonyl (C=O) groups excluding carboxylic acids is 1. The number of anilines is 1. The standard InChI is InChI=1S/C22H18FN3O4S/c1-26-20-19(21(28)25-22(26)31-10-12-2-5-14(23)6-3-12)15(9-18(27)24-20)13-4-7-16-17(8-13)30-11-29-16/h2-8,15H,9-11H2,1H3,(H,24,27)/t15-/m0/s1. The summed E-state index contributed by atoms with van der Waals surface area (Å²) in [5, 5.41) is 3.30. The Hall–Kier alpha value is -3.33. The summed E-state index contributed by atoms with van der Waals surface area (Å²) in [5.41, 5.74) is 1.77. The molecule has 0 unspecified atom stereocenters. The van der Waals surface area contributed by atoms with E-state index >= 15 is 0 Å². The van der Waals surface area contributed by atoms with E-state index in [2.05, 4.69) is 10.3 Å². The van der Waals surface area contributed by atoms with Crippen LogP contribution in [0.5, 0.6) is 11.5 Å². The third-order valence-corrected chi connectivity index (χ3v) is 6.48. The molecule has 1 amide bonds. The molecule has 31 heavy (non-hydrogen) atoms. The van der Waals surface area contributed by atoms with Crippen LogP contribution in [0.15, 0.2) is 52.4 Å². The first-order valence-corrected chi connectivity index (χ1v) is 10.7. The molecular formula is C22H18FN3O4S. The number of rotatable bonds is 4. The minimum atomic E-state index is -0.430. The highest BCUT2D eigenvalue weighted by atomic mass is 32.2. The molecule has 0 aliphatic carbocycles. The number of benzene rings is 2. The molecule has 9 heteroatoms. The summed E-state index contributed by atoms with van der Waals surface area (Å²) in [4.78, 5) is 29.8. The van der Waals surface area contributed by atoms with Crippen LogP contribution in [0.3, 0.4) is 0 Å². The lowest BCUT2D eigenvalue weighted by molar-refractivity contribution is -0.116. The number of thioether (sulfide) groups is 1. The Morgan fingerprint density at radius 3 is 2.74 bits per heavy atom. The molecule has 0 saturated heterocycles. The molecule has 0 bridgehead atoms. The molecule has 0 fully saturated rings. The topological polar surface area (TPSA) is 82.5 Å². The lowest BCUT2D eigenvalue weighted by atomic mass is 9.86. The fourth-order valence-electron chi connectivity index (χ4n) is 3.81. The van der Waals surface area contributed by atoms with Crippen LogP contribution in [0, 0.1) is 5.82 Å². The van der Waals surface area contributed by atoms with Gasteiger partial charge in [0.2, 0.25) is 12.7 Å². The third-order valence-electron chi connectivity index (χ3n) is 5.38. The average molecular weight is 439 g/mol. The molecule has 2 aliphatic heterocycles. The predicted molar refractivity (Wildman–Crippen MR) is 113 cm³/mol. The average Bonchev–Trinajstić information content (AvgIpc) is 3.23. The number of hydrogen-bond donors (Lipinski definition) is 1. The summed E-state index contributed by atoms with van der Waals surface area (Å²) < 4.78 is 25.7. The number of carbonyl (C=O) groups is 1. The quantitative estimate of drug-likeness (QED) is 0.496. The van der Waals surface area contributed by atoms with Crippen molar-refractivity contribution in [3.63, 3.8) is 0 Å². The summed E-state index contributed by atoms with van der Waals surface area (Å²) >= 11 is 1.35. The van der Waals surface area contributed by atoms with Crippen LogP contribution in [-0.4, -0.2) is 22.3 Å². The highest BCUT2D eigenvalue weighted by Gasteiger charge is 2.33. The Morgan fingerprint density at radius 2 is 1.94 bits per heavy atom. The molecule has 0 spiro atoms. The number of fused-ring (bicyclic) bond motifs is 2. The van der Waals surface area contributed by atoms with Gasteiger partial charge in [0.15, 0.2) is 16.7 Å². The number of nitrogens with zero attached hydrogens (tertiary/aromatic N) is 2. The van der Waals surface area contributed by atoms with Crippen LogP contribution in [-0.2, 0) is 17.6 Å². The molecule has 3 aromatic rings. The summed E-state index contributed by atoms with van der Waals surface area (Å²) in [6.07, 6.45) is 0.144. The Kier molecular flexibility index (Phi) is 4.90. The van der Waals surface area contributed by atoms with E-state index < -0.39 is 5.92 Å². The van der Waals surface area contributed by atoms with E-state index in [-0.39, 0.29) is 30.5 Å². The molecule has 5 rings (SSSR count). The largest absolute Gasteiger partial charge is 0.454 e. The normalized spacial score (nSPS) is 16.7. The second-order valence-corrected chi connectivity index (χ2v) is 8.30. The lowest BCUT2D eigenvalue weighted by Crippen LogP contribution is -2.33. The van der Waals surface area contributed by atoms with Crippen LogP contribution in [0.1, 0.15) is 29.0 Å². The SMILES string of the molecule is Cn1c(SCc2ccc(F)cc2)nc(=O)c2c1NC(=O)C[C@H]2c1ccc2c(c1)OCO2. The van der Waals surface area contributed by atoms with Gasteiger partial charge in [-0.1, -0.05) is 30.0 Å². The van der Waals surface area contributed by atoms with Crippen molar-refractivity contribution in [3.05, 3.63) is 75.3 Å². The van der Waals surface area contributed by atoms with Crippen molar-refractivity contribution in [2.75, 3.05) is 12.1 Å². The number of ether oxygens (including phenoxy) is 2. The van der Waals surface area contributed by atoms with E-state index in [1.165, 1.54) is 23.9 Å². The number of nitrogens with one attached hydrogen (secondary N) is 1. The number of hydrogen-bond acceptors (Lipinski definition) is 6. The molecular weight excluding hydrogens is 421 g/mol. The molecule has 3 heterocycles. The van der Waals surface area contributed by atoms with Gasteiger partial charge in [-0.15, -0.1) is 0 Å². The van der Waals surface area contributed by atoms with Crippen LogP contribution in [0.4, 0.5) is 10.2 Å². The third kappa shape index (κ3) is 3.65. The number of halogens is 1. The first kappa shape index (κ1) is 19.6. The van der Waals surface area contributed by atoms with E-state index in [0.29, 0.717) is 33.8 Å². The van der Waals surface area contributed by atoms with Gasteiger partial charge >= 0.3 is 0 Å². The lowest BCUT2D eigenvalue weighted by Gasteiger charge is -2.27. The maximum Gasteiger partial charge on any atom is 0.279 e. The van der Waals surface area contributed by atoms with Crippen LogP contribution >= 0.6 is 11.8 Å². The van der Waals surface area contributed by atoms with Gasteiger partial charge in [0.05, 0.1) is 5.56 Å². The van der Waals surface area contributed by atoms with E-state index in [0.717, 1.165) is 11.1 Å². The van der Waals surface area contributed by atoms with Crippen molar-refractivity contribution in [1.82, 2.24) is 9.55 Å². The molecule has 1 atom stereocenters. The van der Waals surface area contributed by atoms with Gasteiger partial charge in [0.1, 0.15) is 11.6 Å². The number of amides is 1. The molecule has 0 radical (unpaired) electrons. The minimum Gasteiger partial charge on any atom is -0.454 e. The Morgan fingerprint density at radius 1 is 1.16 bits per heavy atom. The molecule has 7 nitrogen and oxygen atoms in total. The summed E-state index contributed by atoms with van der Waals surface area (Å²) in [6.45, 7) is 0.151. The molecule has 1 N–H and O–H groups in total. The smallest absolute Gasteiger partial charge is 0.279 e. The van der Waals surface area contributed by atoms with Crippen molar-refractivity contribution in [1.29, 1.82) is 0 Å². The second kappa shape index (κ2) is 7.73. The predicted octanol–water partition coefficient (Wildman–Crippen LogP) is 3.41.